The molecule has 0 radical (unpaired) electrons. The third kappa shape index (κ3) is 2.23. The van der Waals surface area contributed by atoms with Gasteiger partial charge in [0.1, 0.15) is 0 Å². The zero-order chi connectivity index (χ0) is 11.5. The maximum Gasteiger partial charge on any atom is 0.151 e. The molecular weight excluding hydrogens is 245 g/mol. The predicted octanol–water partition coefficient (Wildman–Crippen LogP) is 3.87. The number of aldehydes is 1. The number of pyridine rings is 1. The average molecular weight is 252 g/mol. The molecule has 0 amide bonds. The molecule has 2 aromatic rings. The molecule has 4 heteroatoms. The lowest BCUT2D eigenvalue weighted by Gasteiger charge is -2.05. The van der Waals surface area contributed by atoms with Crippen molar-refractivity contribution in [1.82, 2.24) is 4.98 Å². The highest BCUT2D eigenvalue weighted by molar-refractivity contribution is 6.35. The molecule has 1 aromatic carbocycles. The smallest absolute Gasteiger partial charge is 0.151 e. The van der Waals surface area contributed by atoms with E-state index < -0.39 is 0 Å². The fraction of sp³-hybridized carbons (Fsp3) is 0. The zero-order valence-corrected chi connectivity index (χ0v) is 9.66. The first-order chi connectivity index (χ1) is 7.70. The number of hydrogen-bond donors (Lipinski definition) is 0. The molecule has 0 N–H and O–H groups in total. The second-order valence-corrected chi connectivity index (χ2v) is 4.09. The Morgan fingerprint density at radius 2 is 1.94 bits per heavy atom. The molecule has 1 heterocycles. The van der Waals surface area contributed by atoms with Crippen LogP contribution in [0.1, 0.15) is 10.4 Å². The Morgan fingerprint density at radius 3 is 2.69 bits per heavy atom. The van der Waals surface area contributed by atoms with Gasteiger partial charge in [-0.25, -0.2) is 0 Å². The zero-order valence-electron chi connectivity index (χ0n) is 8.15. The Hall–Kier alpha value is -1.38. The van der Waals surface area contributed by atoms with Gasteiger partial charge in [0.05, 0.1) is 0 Å². The van der Waals surface area contributed by atoms with Gasteiger partial charge in [0, 0.05) is 39.1 Å². The first-order valence-corrected chi connectivity index (χ1v) is 5.32. The average Bonchev–Trinajstić information content (AvgIpc) is 2.32. The SMILES string of the molecule is O=Cc1cncc(-c2cc(Cl)ccc2Cl)c1. The van der Waals surface area contributed by atoms with Crippen LogP contribution in [0, 0.1) is 0 Å². The number of hydrogen-bond acceptors (Lipinski definition) is 2. The molecule has 0 unspecified atom stereocenters. The summed E-state index contributed by atoms with van der Waals surface area (Å²) in [5.74, 6) is 0. The maximum atomic E-state index is 10.6. The molecular formula is C12H7Cl2NO. The lowest BCUT2D eigenvalue weighted by Crippen LogP contribution is -1.86. The van der Waals surface area contributed by atoms with E-state index in [0.717, 1.165) is 17.4 Å². The quantitative estimate of drug-likeness (QED) is 0.759. The topological polar surface area (TPSA) is 30.0 Å². The standard InChI is InChI=1S/C12H7Cl2NO/c13-10-1-2-12(14)11(4-10)9-3-8(7-16)5-15-6-9/h1-7H. The maximum absolute atomic E-state index is 10.6. The number of nitrogens with zero attached hydrogens (tertiary/aromatic N) is 1. The lowest BCUT2D eigenvalue weighted by molar-refractivity contribution is 0.112. The molecule has 0 fully saturated rings. The van der Waals surface area contributed by atoms with Crippen molar-refractivity contribution in [2.45, 2.75) is 0 Å². The van der Waals surface area contributed by atoms with Crippen LogP contribution in [-0.2, 0) is 0 Å². The molecule has 2 rings (SSSR count). The van der Waals surface area contributed by atoms with Crippen molar-refractivity contribution in [1.29, 1.82) is 0 Å². The van der Waals surface area contributed by atoms with Gasteiger partial charge < -0.3 is 0 Å². The normalized spacial score (nSPS) is 10.1. The van der Waals surface area contributed by atoms with Crippen LogP contribution in [0.2, 0.25) is 10.0 Å². The number of halogens is 2. The first kappa shape index (κ1) is 11.1. The van der Waals surface area contributed by atoms with E-state index in [1.54, 1.807) is 30.5 Å². The molecule has 0 aliphatic rings. The molecule has 16 heavy (non-hydrogen) atoms. The first-order valence-electron chi connectivity index (χ1n) is 4.56. The van der Waals surface area contributed by atoms with E-state index in [2.05, 4.69) is 4.98 Å². The van der Waals surface area contributed by atoms with Gasteiger partial charge in [-0.15, -0.1) is 0 Å². The van der Waals surface area contributed by atoms with Crippen molar-refractivity contribution >= 4 is 29.5 Å². The van der Waals surface area contributed by atoms with E-state index in [9.17, 15) is 4.79 Å². The summed E-state index contributed by atoms with van der Waals surface area (Å²) in [6, 6.07) is 6.89. The number of carbonyl (C=O) groups excluding carboxylic acids is 1. The summed E-state index contributed by atoms with van der Waals surface area (Å²) in [6.07, 6.45) is 3.88. The third-order valence-electron chi connectivity index (χ3n) is 2.13. The van der Waals surface area contributed by atoms with Gasteiger partial charge in [0.15, 0.2) is 6.29 Å². The molecule has 0 spiro atoms. The molecule has 0 saturated carbocycles. The van der Waals surface area contributed by atoms with Gasteiger partial charge in [0.25, 0.3) is 0 Å². The van der Waals surface area contributed by atoms with Crippen molar-refractivity contribution in [3.8, 4) is 11.1 Å². The van der Waals surface area contributed by atoms with Crippen LogP contribution in [0.15, 0.2) is 36.7 Å². The summed E-state index contributed by atoms with van der Waals surface area (Å²) in [7, 11) is 0. The highest BCUT2D eigenvalue weighted by Crippen LogP contribution is 2.30. The lowest BCUT2D eigenvalue weighted by atomic mass is 10.1. The summed E-state index contributed by atoms with van der Waals surface area (Å²) in [6.45, 7) is 0. The van der Waals surface area contributed by atoms with E-state index in [-0.39, 0.29) is 0 Å². The van der Waals surface area contributed by atoms with E-state index >= 15 is 0 Å². The third-order valence-corrected chi connectivity index (χ3v) is 2.70. The minimum absolute atomic E-state index is 0.508. The second kappa shape index (κ2) is 4.64. The van der Waals surface area contributed by atoms with Gasteiger partial charge in [0.2, 0.25) is 0 Å². The summed E-state index contributed by atoms with van der Waals surface area (Å²) in [5, 5.41) is 1.17. The van der Waals surface area contributed by atoms with E-state index in [1.165, 1.54) is 6.20 Å². The minimum atomic E-state index is 0.508. The van der Waals surface area contributed by atoms with Gasteiger partial charge in [-0.05, 0) is 24.3 Å². The fourth-order valence-corrected chi connectivity index (χ4v) is 1.79. The van der Waals surface area contributed by atoms with Crippen molar-refractivity contribution in [3.63, 3.8) is 0 Å². The minimum Gasteiger partial charge on any atom is -0.298 e. The monoisotopic (exact) mass is 251 g/mol. The van der Waals surface area contributed by atoms with Crippen LogP contribution in [0.25, 0.3) is 11.1 Å². The number of aromatic nitrogens is 1. The molecule has 0 atom stereocenters. The fourth-order valence-electron chi connectivity index (χ4n) is 1.39. The molecule has 1 aromatic heterocycles. The van der Waals surface area contributed by atoms with Crippen molar-refractivity contribution in [3.05, 3.63) is 52.3 Å². The van der Waals surface area contributed by atoms with Crippen LogP contribution in [0.3, 0.4) is 0 Å². The summed E-state index contributed by atoms with van der Waals surface area (Å²) >= 11 is 11.9. The molecule has 0 bridgehead atoms. The van der Waals surface area contributed by atoms with Gasteiger partial charge >= 0.3 is 0 Å². The van der Waals surface area contributed by atoms with E-state index in [0.29, 0.717) is 15.6 Å². The molecule has 0 aliphatic heterocycles. The van der Waals surface area contributed by atoms with E-state index in [4.69, 9.17) is 23.2 Å². The van der Waals surface area contributed by atoms with Gasteiger partial charge in [-0.3, -0.25) is 9.78 Å². The highest BCUT2D eigenvalue weighted by Gasteiger charge is 2.05. The molecule has 0 saturated heterocycles. The molecule has 2 nitrogen and oxygen atoms in total. The van der Waals surface area contributed by atoms with Crippen LogP contribution < -0.4 is 0 Å². The molecule has 0 aliphatic carbocycles. The van der Waals surface area contributed by atoms with Crippen molar-refractivity contribution in [2.24, 2.45) is 0 Å². The second-order valence-electron chi connectivity index (χ2n) is 3.25. The van der Waals surface area contributed by atoms with Gasteiger partial charge in [-0.2, -0.15) is 0 Å². The highest BCUT2D eigenvalue weighted by atomic mass is 35.5. The Labute approximate surface area is 103 Å². The molecule has 80 valence electrons. The Kier molecular flexibility index (Phi) is 3.22. The predicted molar refractivity (Wildman–Crippen MR) is 65.1 cm³/mol. The summed E-state index contributed by atoms with van der Waals surface area (Å²) in [5.41, 5.74) is 2.05. The Balaban J connectivity index is 2.57. The van der Waals surface area contributed by atoms with Crippen molar-refractivity contribution in [2.75, 3.05) is 0 Å². The largest absolute Gasteiger partial charge is 0.298 e. The number of benzene rings is 1. The van der Waals surface area contributed by atoms with Crippen LogP contribution >= 0.6 is 23.2 Å². The summed E-state index contributed by atoms with van der Waals surface area (Å²) in [4.78, 5) is 14.6. The van der Waals surface area contributed by atoms with Crippen LogP contribution in [0.5, 0.6) is 0 Å². The Bertz CT molecular complexity index is 540. The van der Waals surface area contributed by atoms with Crippen molar-refractivity contribution < 1.29 is 4.79 Å². The van der Waals surface area contributed by atoms with E-state index in [1.807, 2.05) is 0 Å². The number of rotatable bonds is 2. The summed E-state index contributed by atoms with van der Waals surface area (Å²) < 4.78 is 0. The number of carbonyl (C=O) groups is 1. The van der Waals surface area contributed by atoms with Crippen LogP contribution in [-0.4, -0.2) is 11.3 Å². The Morgan fingerprint density at radius 1 is 1.12 bits per heavy atom. The van der Waals surface area contributed by atoms with Gasteiger partial charge in [-0.1, -0.05) is 23.2 Å². The van der Waals surface area contributed by atoms with Crippen LogP contribution in [0.4, 0.5) is 0 Å².